The lowest BCUT2D eigenvalue weighted by Gasteiger charge is -1.98. The van der Waals surface area contributed by atoms with Gasteiger partial charge < -0.3 is 4.74 Å². The van der Waals surface area contributed by atoms with E-state index in [-0.39, 0.29) is 5.43 Å². The summed E-state index contributed by atoms with van der Waals surface area (Å²) in [6.45, 7) is 0. The average molecular weight is 186 g/mol. The minimum absolute atomic E-state index is 0.0349. The second-order valence-corrected chi connectivity index (χ2v) is 3.04. The van der Waals surface area contributed by atoms with Crippen LogP contribution in [-0.2, 0) is 0 Å². The molecule has 0 unspecified atom stereocenters. The first-order valence-corrected chi connectivity index (χ1v) is 4.38. The van der Waals surface area contributed by atoms with Crippen LogP contribution in [0.5, 0.6) is 5.75 Å². The Morgan fingerprint density at radius 3 is 2.64 bits per heavy atom. The smallest absolute Gasteiger partial charge is 0.186 e. The van der Waals surface area contributed by atoms with E-state index in [9.17, 15) is 4.79 Å². The van der Waals surface area contributed by atoms with Crippen LogP contribution in [0.2, 0.25) is 0 Å². The summed E-state index contributed by atoms with van der Waals surface area (Å²) in [6.07, 6.45) is 0. The molecule has 0 saturated carbocycles. The van der Waals surface area contributed by atoms with Gasteiger partial charge in [0.1, 0.15) is 5.75 Å². The molecule has 2 heteroatoms. The summed E-state index contributed by atoms with van der Waals surface area (Å²) in [5.41, 5.74) is 0.0349. The molecule has 0 saturated heterocycles. The van der Waals surface area contributed by atoms with Gasteiger partial charge in [0.15, 0.2) is 5.43 Å². The molecule has 0 aliphatic carbocycles. The van der Waals surface area contributed by atoms with Crippen LogP contribution >= 0.6 is 0 Å². The number of rotatable bonds is 1. The van der Waals surface area contributed by atoms with Gasteiger partial charge in [0.2, 0.25) is 0 Å². The molecular weight excluding hydrogens is 176 g/mol. The maximum atomic E-state index is 11.5. The maximum absolute atomic E-state index is 11.5. The molecule has 2 aromatic carbocycles. The molecule has 0 radical (unpaired) electrons. The van der Waals surface area contributed by atoms with Gasteiger partial charge in [0.25, 0.3) is 0 Å². The van der Waals surface area contributed by atoms with Gasteiger partial charge in [0.05, 0.1) is 7.11 Å². The first-order chi connectivity index (χ1) is 6.81. The van der Waals surface area contributed by atoms with Gasteiger partial charge in [-0.25, -0.2) is 0 Å². The van der Waals surface area contributed by atoms with Crippen molar-refractivity contribution < 1.29 is 4.74 Å². The molecule has 2 aromatic rings. The summed E-state index contributed by atoms with van der Waals surface area (Å²) in [6, 6.07) is 12.5. The molecule has 0 heterocycles. The molecule has 0 atom stereocenters. The Labute approximate surface area is 81.8 Å². The van der Waals surface area contributed by atoms with Crippen LogP contribution in [0.1, 0.15) is 0 Å². The van der Waals surface area contributed by atoms with E-state index >= 15 is 0 Å². The summed E-state index contributed by atoms with van der Waals surface area (Å²) < 4.78 is 5.09. The van der Waals surface area contributed by atoms with Gasteiger partial charge in [-0.2, -0.15) is 0 Å². The van der Waals surface area contributed by atoms with E-state index < -0.39 is 0 Å². The van der Waals surface area contributed by atoms with E-state index in [0.717, 1.165) is 16.5 Å². The van der Waals surface area contributed by atoms with Crippen LogP contribution in [0.15, 0.2) is 47.3 Å². The third-order valence-corrected chi connectivity index (χ3v) is 2.16. The van der Waals surface area contributed by atoms with Crippen LogP contribution in [0, 0.1) is 0 Å². The molecule has 0 amide bonds. The molecular formula is C12H10O2. The fourth-order valence-electron chi connectivity index (χ4n) is 1.42. The average Bonchev–Trinajstić information content (AvgIpc) is 2.40. The molecule has 0 aliphatic heterocycles. The lowest BCUT2D eigenvalue weighted by Crippen LogP contribution is -1.94. The number of hydrogen-bond acceptors (Lipinski definition) is 2. The standard InChI is InChI=1S/C12H10O2/c1-14-10-6-7-11-9(8-10)4-2-3-5-12(11)13/h2-8H,1H3. The zero-order valence-electron chi connectivity index (χ0n) is 7.86. The molecule has 0 bridgehead atoms. The zero-order chi connectivity index (χ0) is 9.97. The van der Waals surface area contributed by atoms with Crippen molar-refractivity contribution in [3.63, 3.8) is 0 Å². The van der Waals surface area contributed by atoms with Crippen LogP contribution < -0.4 is 10.2 Å². The summed E-state index contributed by atoms with van der Waals surface area (Å²) in [7, 11) is 1.61. The molecule has 0 spiro atoms. The van der Waals surface area contributed by atoms with E-state index in [1.54, 1.807) is 31.4 Å². The second-order valence-electron chi connectivity index (χ2n) is 3.04. The predicted molar refractivity (Wildman–Crippen MR) is 56.8 cm³/mol. The molecule has 2 nitrogen and oxygen atoms in total. The van der Waals surface area contributed by atoms with Crippen LogP contribution in [0.4, 0.5) is 0 Å². The SMILES string of the molecule is COc1ccc2c(=O)ccccc2c1. The second kappa shape index (κ2) is 3.50. The van der Waals surface area contributed by atoms with Gasteiger partial charge >= 0.3 is 0 Å². The fourth-order valence-corrected chi connectivity index (χ4v) is 1.42. The molecule has 0 N–H and O–H groups in total. The third kappa shape index (κ3) is 1.46. The van der Waals surface area contributed by atoms with Crippen LogP contribution in [0.3, 0.4) is 0 Å². The lowest BCUT2D eigenvalue weighted by molar-refractivity contribution is 0.415. The topological polar surface area (TPSA) is 26.3 Å². The van der Waals surface area contributed by atoms with Crippen molar-refractivity contribution in [2.45, 2.75) is 0 Å². The Kier molecular flexibility index (Phi) is 2.19. The van der Waals surface area contributed by atoms with Crippen molar-refractivity contribution in [2.24, 2.45) is 0 Å². The molecule has 0 fully saturated rings. The summed E-state index contributed by atoms with van der Waals surface area (Å²) in [5.74, 6) is 0.767. The predicted octanol–water partition coefficient (Wildman–Crippen LogP) is 2.21. The Bertz CT molecular complexity index is 518. The number of hydrogen-bond donors (Lipinski definition) is 0. The largest absolute Gasteiger partial charge is 0.497 e. The highest BCUT2D eigenvalue weighted by Crippen LogP contribution is 2.16. The number of fused-ring (bicyclic) bond motifs is 1. The van der Waals surface area contributed by atoms with E-state index in [1.165, 1.54) is 0 Å². The highest BCUT2D eigenvalue weighted by molar-refractivity contribution is 5.82. The number of ether oxygens (including phenoxy) is 1. The van der Waals surface area contributed by atoms with Crippen molar-refractivity contribution in [1.29, 1.82) is 0 Å². The molecule has 2 rings (SSSR count). The first kappa shape index (κ1) is 8.75. The molecule has 70 valence electrons. The highest BCUT2D eigenvalue weighted by atomic mass is 16.5. The molecule has 0 aliphatic rings. The minimum atomic E-state index is 0.0349. The summed E-state index contributed by atoms with van der Waals surface area (Å²) in [4.78, 5) is 11.5. The van der Waals surface area contributed by atoms with E-state index in [2.05, 4.69) is 0 Å². The van der Waals surface area contributed by atoms with E-state index in [4.69, 9.17) is 4.74 Å². The van der Waals surface area contributed by atoms with Crippen molar-refractivity contribution in [1.82, 2.24) is 0 Å². The first-order valence-electron chi connectivity index (χ1n) is 4.38. The van der Waals surface area contributed by atoms with Crippen molar-refractivity contribution >= 4 is 10.8 Å². The third-order valence-electron chi connectivity index (χ3n) is 2.16. The lowest BCUT2D eigenvalue weighted by atomic mass is 10.2. The Morgan fingerprint density at radius 2 is 1.86 bits per heavy atom. The van der Waals surface area contributed by atoms with E-state index in [0.29, 0.717) is 0 Å². The number of methoxy groups -OCH3 is 1. The van der Waals surface area contributed by atoms with Crippen molar-refractivity contribution in [3.05, 3.63) is 52.7 Å². The van der Waals surface area contributed by atoms with Gasteiger partial charge in [-0.15, -0.1) is 0 Å². The minimum Gasteiger partial charge on any atom is -0.497 e. The van der Waals surface area contributed by atoms with Gasteiger partial charge in [-0.1, -0.05) is 18.2 Å². The monoisotopic (exact) mass is 186 g/mol. The quantitative estimate of drug-likeness (QED) is 0.682. The summed E-state index contributed by atoms with van der Waals surface area (Å²) in [5, 5.41) is 1.62. The van der Waals surface area contributed by atoms with Crippen molar-refractivity contribution in [3.8, 4) is 5.75 Å². The van der Waals surface area contributed by atoms with Crippen molar-refractivity contribution in [2.75, 3.05) is 7.11 Å². The van der Waals surface area contributed by atoms with Crippen LogP contribution in [0.25, 0.3) is 10.8 Å². The molecule has 0 aromatic heterocycles. The normalized spacial score (nSPS) is 10.1. The van der Waals surface area contributed by atoms with Gasteiger partial charge in [0, 0.05) is 5.39 Å². The maximum Gasteiger partial charge on any atom is 0.186 e. The Balaban J connectivity index is 2.86. The van der Waals surface area contributed by atoms with E-state index in [1.807, 2.05) is 18.2 Å². The van der Waals surface area contributed by atoms with Crippen LogP contribution in [-0.4, -0.2) is 7.11 Å². The fraction of sp³-hybridized carbons (Fsp3) is 0.0833. The summed E-state index contributed by atoms with van der Waals surface area (Å²) >= 11 is 0. The Hall–Kier alpha value is -1.83. The number of benzene rings is 1. The zero-order valence-corrected chi connectivity index (χ0v) is 7.86. The molecule has 14 heavy (non-hydrogen) atoms. The van der Waals surface area contributed by atoms with Gasteiger partial charge in [-0.3, -0.25) is 4.79 Å². The van der Waals surface area contributed by atoms with Gasteiger partial charge in [-0.05, 0) is 29.7 Å². The highest BCUT2D eigenvalue weighted by Gasteiger charge is 1.97. The Morgan fingerprint density at radius 1 is 1.07 bits per heavy atom.